The first-order chi connectivity index (χ1) is 12.1. The number of halogens is 2. The minimum absolute atomic E-state index is 0. The molecule has 0 saturated carbocycles. The third-order valence-electron chi connectivity index (χ3n) is 4.66. The molecule has 3 rings (SSSR count). The van der Waals surface area contributed by atoms with E-state index in [1.54, 1.807) is 23.2 Å². The highest BCUT2D eigenvalue weighted by Gasteiger charge is 2.27. The summed E-state index contributed by atoms with van der Waals surface area (Å²) in [5.41, 5.74) is 1.85. The Labute approximate surface area is 160 Å². The van der Waals surface area contributed by atoms with Crippen LogP contribution in [0.25, 0.3) is 0 Å². The van der Waals surface area contributed by atoms with E-state index in [0.717, 1.165) is 43.6 Å². The molecule has 0 aliphatic carbocycles. The number of aryl methyl sites for hydroxylation is 1. The van der Waals surface area contributed by atoms with Crippen molar-refractivity contribution in [2.45, 2.75) is 38.8 Å². The highest BCUT2D eigenvalue weighted by atomic mass is 35.5. The van der Waals surface area contributed by atoms with Gasteiger partial charge in [0.1, 0.15) is 5.82 Å². The number of carbonyl (C=O) groups is 1. The van der Waals surface area contributed by atoms with Gasteiger partial charge in [0.2, 0.25) is 0 Å². The van der Waals surface area contributed by atoms with E-state index in [4.69, 9.17) is 0 Å². The number of amides is 1. The lowest BCUT2D eigenvalue weighted by molar-refractivity contribution is 0.0637. The SMILES string of the molecule is Cc1ccc(F)c(C(=O)N(Cc2ccccn2)C2CCCNCC2)c1.Cl. The zero-order chi connectivity index (χ0) is 17.6. The number of nitrogens with one attached hydrogen (secondary N) is 1. The number of carbonyl (C=O) groups excluding carboxylic acids is 1. The fraction of sp³-hybridized carbons (Fsp3) is 0.400. The van der Waals surface area contributed by atoms with Gasteiger partial charge in [0, 0.05) is 12.2 Å². The fourth-order valence-electron chi connectivity index (χ4n) is 3.30. The molecule has 1 N–H and O–H groups in total. The molecule has 140 valence electrons. The van der Waals surface area contributed by atoms with Crippen molar-refractivity contribution in [2.24, 2.45) is 0 Å². The molecular weight excluding hydrogens is 353 g/mol. The van der Waals surface area contributed by atoms with Crippen molar-refractivity contribution in [3.8, 4) is 0 Å². The summed E-state index contributed by atoms with van der Waals surface area (Å²) in [6, 6.07) is 10.4. The molecule has 1 saturated heterocycles. The van der Waals surface area contributed by atoms with Crippen LogP contribution < -0.4 is 5.32 Å². The Morgan fingerprint density at radius 3 is 2.88 bits per heavy atom. The largest absolute Gasteiger partial charge is 0.330 e. The van der Waals surface area contributed by atoms with E-state index < -0.39 is 5.82 Å². The van der Waals surface area contributed by atoms with E-state index in [1.165, 1.54) is 6.07 Å². The maximum atomic E-state index is 14.3. The molecule has 4 nitrogen and oxygen atoms in total. The second-order valence-electron chi connectivity index (χ2n) is 6.57. The van der Waals surface area contributed by atoms with Crippen molar-refractivity contribution in [1.29, 1.82) is 0 Å². The van der Waals surface area contributed by atoms with Crippen LogP contribution >= 0.6 is 12.4 Å². The Bertz CT molecular complexity index is 718. The number of pyridine rings is 1. The third-order valence-corrected chi connectivity index (χ3v) is 4.66. The molecule has 6 heteroatoms. The van der Waals surface area contributed by atoms with Gasteiger partial charge in [0.15, 0.2) is 0 Å². The fourth-order valence-corrected chi connectivity index (χ4v) is 3.30. The molecule has 1 aromatic carbocycles. The maximum absolute atomic E-state index is 14.3. The van der Waals surface area contributed by atoms with Crippen LogP contribution in [-0.2, 0) is 6.54 Å². The zero-order valence-corrected chi connectivity index (χ0v) is 15.8. The number of hydrogen-bond donors (Lipinski definition) is 1. The van der Waals surface area contributed by atoms with Crippen molar-refractivity contribution in [1.82, 2.24) is 15.2 Å². The van der Waals surface area contributed by atoms with Gasteiger partial charge in [0.05, 0.1) is 17.8 Å². The first kappa shape index (κ1) is 20.3. The molecule has 0 radical (unpaired) electrons. The monoisotopic (exact) mass is 377 g/mol. The highest BCUT2D eigenvalue weighted by molar-refractivity contribution is 5.94. The van der Waals surface area contributed by atoms with Crippen LogP contribution in [0.5, 0.6) is 0 Å². The van der Waals surface area contributed by atoms with Gasteiger partial charge in [-0.1, -0.05) is 17.7 Å². The van der Waals surface area contributed by atoms with Crippen LogP contribution in [0.3, 0.4) is 0 Å². The molecule has 1 aliphatic rings. The molecule has 1 aliphatic heterocycles. The summed E-state index contributed by atoms with van der Waals surface area (Å²) in [6.07, 6.45) is 4.51. The van der Waals surface area contributed by atoms with Gasteiger partial charge >= 0.3 is 0 Å². The third kappa shape index (κ3) is 5.02. The summed E-state index contributed by atoms with van der Waals surface area (Å²) in [5.74, 6) is -0.716. The Morgan fingerprint density at radius 2 is 2.12 bits per heavy atom. The van der Waals surface area contributed by atoms with Crippen LogP contribution in [0, 0.1) is 12.7 Å². The average Bonchev–Trinajstić information content (AvgIpc) is 2.91. The molecule has 2 heterocycles. The normalized spacial score (nSPS) is 17.1. The van der Waals surface area contributed by atoms with E-state index in [-0.39, 0.29) is 29.9 Å². The zero-order valence-electron chi connectivity index (χ0n) is 15.0. The number of aromatic nitrogens is 1. The van der Waals surface area contributed by atoms with Gasteiger partial charge in [-0.25, -0.2) is 4.39 Å². The Hall–Kier alpha value is -1.98. The average molecular weight is 378 g/mol. The molecule has 1 atom stereocenters. The number of rotatable bonds is 4. The van der Waals surface area contributed by atoms with Gasteiger partial charge in [0.25, 0.3) is 5.91 Å². The topological polar surface area (TPSA) is 45.2 Å². The molecule has 2 aromatic rings. The van der Waals surface area contributed by atoms with Crippen LogP contribution in [0.4, 0.5) is 4.39 Å². The molecule has 26 heavy (non-hydrogen) atoms. The van der Waals surface area contributed by atoms with Crippen molar-refractivity contribution in [3.63, 3.8) is 0 Å². The van der Waals surface area contributed by atoms with Crippen LogP contribution in [0.1, 0.15) is 40.9 Å². The van der Waals surface area contributed by atoms with Gasteiger partial charge in [-0.15, -0.1) is 12.4 Å². The molecule has 0 bridgehead atoms. The van der Waals surface area contributed by atoms with Crippen LogP contribution in [0.15, 0.2) is 42.6 Å². The first-order valence-electron chi connectivity index (χ1n) is 8.83. The van der Waals surface area contributed by atoms with Gasteiger partial charge < -0.3 is 10.2 Å². The number of hydrogen-bond acceptors (Lipinski definition) is 3. The number of nitrogens with zero attached hydrogens (tertiary/aromatic N) is 2. The standard InChI is InChI=1S/C20H24FN3O.ClH/c1-15-7-8-19(21)18(13-15)20(25)24(14-16-5-2-3-11-23-16)17-6-4-10-22-12-9-17;/h2-3,5,7-8,11,13,17,22H,4,6,9-10,12,14H2,1H3;1H. The van der Waals surface area contributed by atoms with Crippen LogP contribution in [0.2, 0.25) is 0 Å². The van der Waals surface area contributed by atoms with Crippen molar-refractivity contribution in [2.75, 3.05) is 13.1 Å². The van der Waals surface area contributed by atoms with Gasteiger partial charge in [-0.3, -0.25) is 9.78 Å². The van der Waals surface area contributed by atoms with E-state index in [2.05, 4.69) is 10.3 Å². The van der Waals surface area contributed by atoms with E-state index in [1.807, 2.05) is 25.1 Å². The minimum Gasteiger partial charge on any atom is -0.330 e. The van der Waals surface area contributed by atoms with Crippen molar-refractivity contribution >= 4 is 18.3 Å². The number of benzene rings is 1. The molecule has 1 unspecified atom stereocenters. The van der Waals surface area contributed by atoms with E-state index in [9.17, 15) is 9.18 Å². The molecule has 1 fully saturated rings. The summed E-state index contributed by atoms with van der Waals surface area (Å²) in [4.78, 5) is 19.3. The Balaban J connectivity index is 0.00000243. The van der Waals surface area contributed by atoms with Gasteiger partial charge in [-0.05, 0) is 63.5 Å². The molecule has 1 amide bonds. The highest BCUT2D eigenvalue weighted by Crippen LogP contribution is 2.21. The van der Waals surface area contributed by atoms with Gasteiger partial charge in [-0.2, -0.15) is 0 Å². The summed E-state index contributed by atoms with van der Waals surface area (Å²) in [7, 11) is 0. The van der Waals surface area contributed by atoms with E-state index >= 15 is 0 Å². The van der Waals surface area contributed by atoms with E-state index in [0.29, 0.717) is 6.54 Å². The second-order valence-corrected chi connectivity index (χ2v) is 6.57. The summed E-state index contributed by atoms with van der Waals surface area (Å²) >= 11 is 0. The summed E-state index contributed by atoms with van der Waals surface area (Å²) in [5, 5.41) is 3.37. The molecule has 1 aromatic heterocycles. The predicted molar refractivity (Wildman–Crippen MR) is 103 cm³/mol. The lowest BCUT2D eigenvalue weighted by Crippen LogP contribution is -2.41. The maximum Gasteiger partial charge on any atom is 0.257 e. The van der Waals surface area contributed by atoms with Crippen LogP contribution in [-0.4, -0.2) is 34.9 Å². The molecular formula is C20H25ClFN3O. The summed E-state index contributed by atoms with van der Waals surface area (Å²) < 4.78 is 14.3. The lowest BCUT2D eigenvalue weighted by atomic mass is 10.0. The van der Waals surface area contributed by atoms with Crippen molar-refractivity contribution < 1.29 is 9.18 Å². The Kier molecular flexibility index (Phi) is 7.54. The molecule has 0 spiro atoms. The summed E-state index contributed by atoms with van der Waals surface area (Å²) in [6.45, 7) is 4.10. The quantitative estimate of drug-likeness (QED) is 0.882. The Morgan fingerprint density at radius 1 is 1.27 bits per heavy atom. The van der Waals surface area contributed by atoms with Crippen molar-refractivity contribution in [3.05, 3.63) is 65.2 Å². The minimum atomic E-state index is -0.464. The first-order valence-corrected chi connectivity index (χ1v) is 8.83. The second kappa shape index (κ2) is 9.64. The predicted octanol–water partition coefficient (Wildman–Crippen LogP) is 3.74. The lowest BCUT2D eigenvalue weighted by Gasteiger charge is -2.31. The smallest absolute Gasteiger partial charge is 0.257 e.